The molecule has 0 atom stereocenters. The first-order valence-electron chi connectivity index (χ1n) is 0. The molecular formula is H6O6Pt. The van der Waals surface area contributed by atoms with Crippen molar-refractivity contribution in [1.82, 2.24) is 0 Å². The van der Waals surface area contributed by atoms with Crippen molar-refractivity contribution in [3.8, 4) is 0 Å². The van der Waals surface area contributed by atoms with E-state index in [1.54, 1.807) is 0 Å². The molecular weight excluding hydrogens is 291 g/mol. The van der Waals surface area contributed by atoms with Crippen molar-refractivity contribution in [1.29, 1.82) is 0 Å². The van der Waals surface area contributed by atoms with Crippen LogP contribution in [0.25, 0.3) is 0 Å². The van der Waals surface area contributed by atoms with Crippen LogP contribution < -0.4 is 0 Å². The number of rotatable bonds is 0. The Hall–Kier alpha value is 0.448. The molecule has 0 aromatic rings. The van der Waals surface area contributed by atoms with Crippen LogP contribution in [0.2, 0.25) is 0 Å². The molecule has 0 unspecified atom stereocenters. The Morgan fingerprint density at radius 3 is 0.286 bits per heavy atom. The minimum atomic E-state index is 0. The summed E-state index contributed by atoms with van der Waals surface area (Å²) in [5.74, 6) is 0. The molecule has 0 radical (unpaired) electrons. The summed E-state index contributed by atoms with van der Waals surface area (Å²) in [4.78, 5) is 0. The summed E-state index contributed by atoms with van der Waals surface area (Å²) in [7, 11) is 0. The largest absolute Gasteiger partial charge is 6.00 e. The van der Waals surface area contributed by atoms with E-state index in [1.807, 2.05) is 0 Å². The Balaban J connectivity index is 0. The van der Waals surface area contributed by atoms with E-state index in [-0.39, 0.29) is 53.9 Å². The molecule has 0 aliphatic carbocycles. The van der Waals surface area contributed by atoms with Crippen LogP contribution in [0.15, 0.2) is 0 Å². The van der Waals surface area contributed by atoms with Crippen molar-refractivity contribution < 1.29 is 53.9 Å². The van der Waals surface area contributed by atoms with Gasteiger partial charge in [-0.2, -0.15) is 0 Å². The van der Waals surface area contributed by atoms with E-state index >= 15 is 0 Å². The van der Waals surface area contributed by atoms with Crippen LogP contribution in [0.5, 0.6) is 0 Å². The van der Waals surface area contributed by atoms with Gasteiger partial charge in [-0.05, 0) is 0 Å². The van der Waals surface area contributed by atoms with Crippen LogP contribution in [-0.2, 0) is 21.1 Å². The third-order valence-electron chi connectivity index (χ3n) is 0. The fraction of sp³-hybridized carbons (Fsp3) is 0. The quantitative estimate of drug-likeness (QED) is 0.548. The Bertz CT molecular complexity index is 4.14. The molecule has 6 N–H and O–H groups in total. The molecule has 7 heavy (non-hydrogen) atoms. The molecule has 0 aliphatic heterocycles. The monoisotopic (exact) mass is 297 g/mol. The van der Waals surface area contributed by atoms with Crippen LogP contribution in [0.3, 0.4) is 0 Å². The van der Waals surface area contributed by atoms with Crippen LogP contribution in [0.4, 0.5) is 0 Å². The van der Waals surface area contributed by atoms with Gasteiger partial charge in [-0.3, -0.25) is 0 Å². The molecule has 0 fully saturated rings. The molecule has 52 valence electrons. The summed E-state index contributed by atoms with van der Waals surface area (Å²) in [6.45, 7) is 0. The molecule has 6 nitrogen and oxygen atoms in total. The van der Waals surface area contributed by atoms with Gasteiger partial charge in [0.2, 0.25) is 0 Å². The van der Waals surface area contributed by atoms with Gasteiger partial charge < -0.3 is 32.9 Å². The van der Waals surface area contributed by atoms with Gasteiger partial charge in [-0.15, -0.1) is 0 Å². The van der Waals surface area contributed by atoms with Gasteiger partial charge >= 0.3 is 21.1 Å². The third kappa shape index (κ3) is 635. The zero-order valence-electron chi connectivity index (χ0n) is 3.00. The van der Waals surface area contributed by atoms with E-state index in [0.717, 1.165) is 0 Å². The molecule has 0 aromatic heterocycles. The zero-order valence-corrected chi connectivity index (χ0v) is 5.27. The SMILES string of the molecule is [OH-].[OH-].[OH-].[OH-].[OH-].[OH-].[Pt+6]. The van der Waals surface area contributed by atoms with E-state index in [4.69, 9.17) is 0 Å². The van der Waals surface area contributed by atoms with Gasteiger partial charge in [0.1, 0.15) is 0 Å². The zero-order chi connectivity index (χ0) is 0. The standard InChI is InChI=1S/6H2O.Pt/h6*1H2;/q;;;;;;+6/p-6. The second kappa shape index (κ2) is 952. The molecule has 0 bridgehead atoms. The average molecular weight is 297 g/mol. The van der Waals surface area contributed by atoms with Gasteiger partial charge in [-0.25, -0.2) is 0 Å². The van der Waals surface area contributed by atoms with E-state index in [2.05, 4.69) is 0 Å². The number of hydrogen-bond donors (Lipinski definition) is 0. The summed E-state index contributed by atoms with van der Waals surface area (Å²) < 4.78 is 0. The maximum absolute atomic E-state index is 0. The Morgan fingerprint density at radius 1 is 0.286 bits per heavy atom. The topological polar surface area (TPSA) is 180 Å². The van der Waals surface area contributed by atoms with Crippen molar-refractivity contribution in [2.24, 2.45) is 0 Å². The molecule has 0 saturated heterocycles. The normalized spacial score (nSPS) is 0. The first-order chi connectivity index (χ1) is 0. The Kier molecular flexibility index (Phi) is 210000. The second-order valence-electron chi connectivity index (χ2n) is 0. The minimum Gasteiger partial charge on any atom is -0.870 e. The summed E-state index contributed by atoms with van der Waals surface area (Å²) in [5, 5.41) is 0. The predicted molar refractivity (Wildman–Crippen MR) is 11.6 cm³/mol. The van der Waals surface area contributed by atoms with Crippen molar-refractivity contribution >= 4 is 0 Å². The third-order valence-corrected chi connectivity index (χ3v) is 0. The van der Waals surface area contributed by atoms with Crippen LogP contribution in [0, 0.1) is 0 Å². The van der Waals surface area contributed by atoms with Crippen molar-refractivity contribution in [3.63, 3.8) is 0 Å². The first-order valence-corrected chi connectivity index (χ1v) is 0. The number of hydrogen-bond acceptors (Lipinski definition) is 6. The van der Waals surface area contributed by atoms with E-state index < -0.39 is 0 Å². The van der Waals surface area contributed by atoms with Gasteiger partial charge in [-0.1, -0.05) is 0 Å². The van der Waals surface area contributed by atoms with Crippen LogP contribution >= 0.6 is 0 Å². The van der Waals surface area contributed by atoms with Crippen LogP contribution in [0.1, 0.15) is 0 Å². The fourth-order valence-electron chi connectivity index (χ4n) is 0. The summed E-state index contributed by atoms with van der Waals surface area (Å²) in [6, 6.07) is 0. The maximum Gasteiger partial charge on any atom is 6.00 e. The first kappa shape index (κ1) is 1540. The van der Waals surface area contributed by atoms with E-state index in [9.17, 15) is 0 Å². The van der Waals surface area contributed by atoms with Gasteiger partial charge in [0.25, 0.3) is 0 Å². The Morgan fingerprint density at radius 2 is 0.286 bits per heavy atom. The fourth-order valence-corrected chi connectivity index (χ4v) is 0. The molecule has 0 aromatic carbocycles. The second-order valence-corrected chi connectivity index (χ2v) is 0. The molecule has 0 rings (SSSR count). The minimum absolute atomic E-state index is 0. The van der Waals surface area contributed by atoms with E-state index in [1.165, 1.54) is 0 Å². The van der Waals surface area contributed by atoms with Crippen molar-refractivity contribution in [2.75, 3.05) is 0 Å². The summed E-state index contributed by atoms with van der Waals surface area (Å²) in [5.41, 5.74) is 0. The molecule has 0 spiro atoms. The Labute approximate surface area is 54.6 Å². The maximum atomic E-state index is 0. The van der Waals surface area contributed by atoms with Gasteiger partial charge in [0.05, 0.1) is 0 Å². The molecule has 7 heteroatoms. The molecule has 0 amide bonds. The summed E-state index contributed by atoms with van der Waals surface area (Å²) in [6.07, 6.45) is 0. The van der Waals surface area contributed by atoms with Crippen molar-refractivity contribution in [2.45, 2.75) is 0 Å². The van der Waals surface area contributed by atoms with E-state index in [0.29, 0.717) is 0 Å². The van der Waals surface area contributed by atoms with Gasteiger partial charge in [0, 0.05) is 0 Å². The average Bonchev–Trinajstić information content (AvgIpc) is 0. The van der Waals surface area contributed by atoms with Crippen LogP contribution in [-0.4, -0.2) is 32.9 Å². The smallest absolute Gasteiger partial charge is 0.870 e. The summed E-state index contributed by atoms with van der Waals surface area (Å²) >= 11 is 0. The molecule has 0 heterocycles. The van der Waals surface area contributed by atoms with Gasteiger partial charge in [0.15, 0.2) is 0 Å². The predicted octanol–water partition coefficient (Wildman–Crippen LogP) is -1.06. The van der Waals surface area contributed by atoms with Crippen molar-refractivity contribution in [3.05, 3.63) is 0 Å². The molecule has 0 saturated carbocycles. The molecule has 0 aliphatic rings.